The van der Waals surface area contributed by atoms with Crippen molar-refractivity contribution >= 4 is 17.7 Å². The molecule has 0 saturated carbocycles. The summed E-state index contributed by atoms with van der Waals surface area (Å²) >= 11 is 0. The molecule has 0 bridgehead atoms. The molecule has 130 valence electrons. The summed E-state index contributed by atoms with van der Waals surface area (Å²) in [7, 11) is 0. The fourth-order valence-corrected chi connectivity index (χ4v) is 2.22. The van der Waals surface area contributed by atoms with Crippen molar-refractivity contribution in [3.8, 4) is 0 Å². The molecule has 1 atom stereocenters. The molecule has 0 fully saturated rings. The van der Waals surface area contributed by atoms with E-state index >= 15 is 0 Å². The maximum Gasteiger partial charge on any atom is 0.269 e. The number of carbonyl (C=O) groups excluding carboxylic acids is 3. The lowest BCUT2D eigenvalue weighted by Gasteiger charge is -2.18. The van der Waals surface area contributed by atoms with Gasteiger partial charge in [0.1, 0.15) is 5.82 Å². The largest absolute Gasteiger partial charge is 0.349 e. The van der Waals surface area contributed by atoms with E-state index in [1.165, 1.54) is 19.1 Å². The lowest BCUT2D eigenvalue weighted by molar-refractivity contribution is -0.123. The summed E-state index contributed by atoms with van der Waals surface area (Å²) in [5, 5.41) is 2.70. The van der Waals surface area contributed by atoms with E-state index in [1.807, 2.05) is 6.07 Å². The maximum atomic E-state index is 12.8. The average molecular weight is 343 g/mol. The number of hydrogen-bond donors (Lipinski definition) is 3. The molecule has 0 aliphatic heterocycles. The SMILES string of the molecule is CC(=O)NC(CC(=O)NNC(=O)c1ccc(F)cc1)c1ccccc1. The Morgan fingerprint density at radius 2 is 1.60 bits per heavy atom. The highest BCUT2D eigenvalue weighted by atomic mass is 19.1. The molecule has 25 heavy (non-hydrogen) atoms. The number of halogens is 1. The Bertz CT molecular complexity index is 748. The molecule has 0 heterocycles. The predicted molar refractivity (Wildman–Crippen MR) is 89.6 cm³/mol. The third-order valence-corrected chi connectivity index (χ3v) is 3.39. The Balaban J connectivity index is 1.93. The van der Waals surface area contributed by atoms with Crippen LogP contribution in [0.15, 0.2) is 54.6 Å². The number of hydrogen-bond acceptors (Lipinski definition) is 3. The van der Waals surface area contributed by atoms with Gasteiger partial charge >= 0.3 is 0 Å². The zero-order valence-electron chi connectivity index (χ0n) is 13.6. The molecular formula is C18H18FN3O3. The van der Waals surface area contributed by atoms with Crippen molar-refractivity contribution in [1.29, 1.82) is 0 Å². The van der Waals surface area contributed by atoms with Gasteiger partial charge in [-0.25, -0.2) is 4.39 Å². The highest BCUT2D eigenvalue weighted by Crippen LogP contribution is 2.16. The Morgan fingerprint density at radius 1 is 0.960 bits per heavy atom. The quantitative estimate of drug-likeness (QED) is 0.724. The summed E-state index contributed by atoms with van der Waals surface area (Å²) in [6.45, 7) is 1.37. The van der Waals surface area contributed by atoms with Crippen LogP contribution in [0.4, 0.5) is 4.39 Å². The minimum Gasteiger partial charge on any atom is -0.349 e. The van der Waals surface area contributed by atoms with E-state index in [0.717, 1.165) is 17.7 Å². The predicted octanol–water partition coefficient (Wildman–Crippen LogP) is 1.85. The monoisotopic (exact) mass is 343 g/mol. The first-order valence-corrected chi connectivity index (χ1v) is 7.62. The first-order valence-electron chi connectivity index (χ1n) is 7.62. The Kier molecular flexibility index (Phi) is 6.22. The van der Waals surface area contributed by atoms with Crippen LogP contribution in [0.25, 0.3) is 0 Å². The maximum absolute atomic E-state index is 12.8. The number of nitrogens with one attached hydrogen (secondary N) is 3. The normalized spacial score (nSPS) is 11.3. The zero-order valence-corrected chi connectivity index (χ0v) is 13.6. The van der Waals surface area contributed by atoms with E-state index in [1.54, 1.807) is 24.3 Å². The van der Waals surface area contributed by atoms with Crippen molar-refractivity contribution in [1.82, 2.24) is 16.2 Å². The van der Waals surface area contributed by atoms with E-state index in [-0.39, 0.29) is 17.9 Å². The molecule has 1 unspecified atom stereocenters. The van der Waals surface area contributed by atoms with Gasteiger partial charge in [0.25, 0.3) is 5.91 Å². The molecule has 7 heteroatoms. The number of carbonyl (C=O) groups is 3. The molecule has 6 nitrogen and oxygen atoms in total. The van der Waals surface area contributed by atoms with Crippen LogP contribution in [-0.4, -0.2) is 17.7 Å². The van der Waals surface area contributed by atoms with Crippen molar-refractivity contribution in [3.05, 3.63) is 71.5 Å². The van der Waals surface area contributed by atoms with Crippen molar-refractivity contribution in [3.63, 3.8) is 0 Å². The molecule has 2 aromatic carbocycles. The zero-order chi connectivity index (χ0) is 18.2. The van der Waals surface area contributed by atoms with Gasteiger partial charge in [-0.2, -0.15) is 0 Å². The van der Waals surface area contributed by atoms with Gasteiger partial charge in [0.15, 0.2) is 0 Å². The topological polar surface area (TPSA) is 87.3 Å². The third kappa shape index (κ3) is 5.72. The third-order valence-electron chi connectivity index (χ3n) is 3.39. The number of hydrazine groups is 1. The molecule has 0 saturated heterocycles. The van der Waals surface area contributed by atoms with Crippen LogP contribution < -0.4 is 16.2 Å². The highest BCUT2D eigenvalue weighted by molar-refractivity contribution is 5.95. The molecule has 0 aliphatic carbocycles. The van der Waals surface area contributed by atoms with Crippen LogP contribution in [0, 0.1) is 5.82 Å². The summed E-state index contributed by atoms with van der Waals surface area (Å²) in [6, 6.07) is 13.4. The van der Waals surface area contributed by atoms with Crippen molar-refractivity contribution in [2.45, 2.75) is 19.4 Å². The van der Waals surface area contributed by atoms with Gasteiger partial charge in [-0.05, 0) is 29.8 Å². The van der Waals surface area contributed by atoms with E-state index in [0.29, 0.717) is 0 Å². The van der Waals surface area contributed by atoms with Gasteiger partial charge in [-0.1, -0.05) is 30.3 Å². The lowest BCUT2D eigenvalue weighted by Crippen LogP contribution is -2.43. The van der Waals surface area contributed by atoms with Crippen molar-refractivity contribution < 1.29 is 18.8 Å². The van der Waals surface area contributed by atoms with Gasteiger partial charge < -0.3 is 5.32 Å². The van der Waals surface area contributed by atoms with E-state index in [4.69, 9.17) is 0 Å². The lowest BCUT2D eigenvalue weighted by atomic mass is 10.0. The molecule has 0 radical (unpaired) electrons. The Hall–Kier alpha value is -3.22. The first-order chi connectivity index (χ1) is 12.0. The van der Waals surface area contributed by atoms with Crippen LogP contribution in [0.5, 0.6) is 0 Å². The average Bonchev–Trinajstić information content (AvgIpc) is 2.60. The molecule has 2 aromatic rings. The van der Waals surface area contributed by atoms with E-state index in [9.17, 15) is 18.8 Å². The highest BCUT2D eigenvalue weighted by Gasteiger charge is 2.17. The summed E-state index contributed by atoms with van der Waals surface area (Å²) in [4.78, 5) is 35.3. The summed E-state index contributed by atoms with van der Waals surface area (Å²) in [5.41, 5.74) is 5.53. The van der Waals surface area contributed by atoms with E-state index < -0.39 is 23.7 Å². The second-order valence-corrected chi connectivity index (χ2v) is 5.38. The second-order valence-electron chi connectivity index (χ2n) is 5.38. The molecule has 2 rings (SSSR count). The Labute approximate surface area is 144 Å². The molecule has 3 N–H and O–H groups in total. The van der Waals surface area contributed by atoms with Crippen LogP contribution in [0.3, 0.4) is 0 Å². The van der Waals surface area contributed by atoms with Crippen molar-refractivity contribution in [2.24, 2.45) is 0 Å². The molecule has 0 aliphatic rings. The van der Waals surface area contributed by atoms with Crippen LogP contribution in [0.1, 0.15) is 35.3 Å². The fraction of sp³-hybridized carbons (Fsp3) is 0.167. The van der Waals surface area contributed by atoms with Gasteiger partial charge in [0.2, 0.25) is 11.8 Å². The van der Waals surface area contributed by atoms with Gasteiger partial charge in [0.05, 0.1) is 12.5 Å². The van der Waals surface area contributed by atoms with Crippen molar-refractivity contribution in [2.75, 3.05) is 0 Å². The summed E-state index contributed by atoms with van der Waals surface area (Å²) in [5.74, 6) is -1.76. The minimum atomic E-state index is -0.566. The number of amides is 3. The summed E-state index contributed by atoms with van der Waals surface area (Å²) in [6.07, 6.45) is -0.0483. The van der Waals surface area contributed by atoms with Gasteiger partial charge in [0, 0.05) is 12.5 Å². The second kappa shape index (κ2) is 8.58. The van der Waals surface area contributed by atoms with Gasteiger partial charge in [-0.15, -0.1) is 0 Å². The molecule has 3 amide bonds. The number of rotatable bonds is 5. The van der Waals surface area contributed by atoms with Crippen LogP contribution in [0.2, 0.25) is 0 Å². The van der Waals surface area contributed by atoms with Crippen LogP contribution >= 0.6 is 0 Å². The standard InChI is InChI=1S/C18H18FN3O3/c1-12(23)20-16(13-5-3-2-4-6-13)11-17(24)21-22-18(25)14-7-9-15(19)10-8-14/h2-10,16H,11H2,1H3,(H,20,23)(H,21,24)(H,22,25). The summed E-state index contributed by atoms with van der Waals surface area (Å²) < 4.78 is 12.8. The van der Waals surface area contributed by atoms with E-state index in [2.05, 4.69) is 16.2 Å². The minimum absolute atomic E-state index is 0.0483. The smallest absolute Gasteiger partial charge is 0.269 e. The molecular weight excluding hydrogens is 325 g/mol. The fourth-order valence-electron chi connectivity index (χ4n) is 2.22. The molecule has 0 aromatic heterocycles. The molecule has 0 spiro atoms. The Morgan fingerprint density at radius 3 is 2.20 bits per heavy atom. The number of benzene rings is 2. The van der Waals surface area contributed by atoms with Crippen LogP contribution in [-0.2, 0) is 9.59 Å². The van der Waals surface area contributed by atoms with Gasteiger partial charge in [-0.3, -0.25) is 25.2 Å². The first kappa shape index (κ1) is 18.1.